The summed E-state index contributed by atoms with van der Waals surface area (Å²) in [6.07, 6.45) is 1.86. The van der Waals surface area contributed by atoms with E-state index in [4.69, 9.17) is 0 Å². The van der Waals surface area contributed by atoms with Gasteiger partial charge in [0.2, 0.25) is 0 Å². The number of aryl methyl sites for hydroxylation is 3. The number of rotatable bonds is 1. The summed E-state index contributed by atoms with van der Waals surface area (Å²) in [5.41, 5.74) is 6.42. The van der Waals surface area contributed by atoms with E-state index < -0.39 is 6.97 Å². The van der Waals surface area contributed by atoms with Crippen LogP contribution in [0.5, 0.6) is 0 Å². The first-order valence-electron chi connectivity index (χ1n) is 8.06. The van der Waals surface area contributed by atoms with E-state index in [1.54, 1.807) is 25.2 Å². The molecule has 2 aromatic heterocycles. The molecule has 6 heteroatoms. The average molecular weight is 344 g/mol. The van der Waals surface area contributed by atoms with Crippen molar-refractivity contribution in [3.63, 3.8) is 0 Å². The lowest BCUT2D eigenvalue weighted by molar-refractivity contribution is -0.363. The summed E-state index contributed by atoms with van der Waals surface area (Å²) in [6.45, 7) is 5.53. The molecule has 0 fully saturated rings. The maximum absolute atomic E-state index is 15.4. The van der Waals surface area contributed by atoms with Gasteiger partial charge in [-0.3, -0.25) is 0 Å². The molecule has 2 aromatic rings. The molecule has 0 radical (unpaired) electrons. The number of hydrogen-bond donors (Lipinski definition) is 0. The summed E-state index contributed by atoms with van der Waals surface area (Å²) in [7, 11) is 0. The molecule has 0 saturated carbocycles. The third kappa shape index (κ3) is 1.83. The molecule has 0 atom stereocenters. The number of nitrogens with zero attached hydrogens (tertiary/aromatic N) is 2. The Morgan fingerprint density at radius 3 is 2.42 bits per heavy atom. The second kappa shape index (κ2) is 4.79. The molecule has 2 aliphatic heterocycles. The smallest absolute Gasteiger partial charge is 0.393 e. The van der Waals surface area contributed by atoms with Crippen LogP contribution < -0.4 is 0 Å². The van der Waals surface area contributed by atoms with Crippen LogP contribution in [0.3, 0.4) is 0 Å². The topological polar surface area (TPSA) is 7.94 Å². The second-order valence-electron chi connectivity index (χ2n) is 6.83. The van der Waals surface area contributed by atoms with E-state index in [1.165, 1.54) is 8.96 Å². The molecule has 0 unspecified atom stereocenters. The lowest BCUT2D eigenvalue weighted by Crippen LogP contribution is -2.51. The predicted molar refractivity (Wildman–Crippen MR) is 97.1 cm³/mol. The summed E-state index contributed by atoms with van der Waals surface area (Å²) in [6, 6.07) is 3.96. The van der Waals surface area contributed by atoms with Gasteiger partial charge in [0.1, 0.15) is 5.71 Å². The van der Waals surface area contributed by atoms with Crippen molar-refractivity contribution in [1.82, 2.24) is 4.48 Å². The molecule has 0 spiro atoms. The summed E-state index contributed by atoms with van der Waals surface area (Å²) < 4.78 is 33.3. The van der Waals surface area contributed by atoms with E-state index in [0.717, 1.165) is 27.2 Å². The van der Waals surface area contributed by atoms with E-state index in [2.05, 4.69) is 11.4 Å². The van der Waals surface area contributed by atoms with Gasteiger partial charge in [-0.15, -0.1) is 11.3 Å². The zero-order valence-corrected chi connectivity index (χ0v) is 15.3. The maximum Gasteiger partial charge on any atom is 0.737 e. The number of thiophene rings is 1. The van der Waals surface area contributed by atoms with Crippen LogP contribution in [0.4, 0.5) is 8.63 Å². The molecular weight excluding hydrogens is 325 g/mol. The molecular formula is C18H19BF2N2S. The van der Waals surface area contributed by atoms with Gasteiger partial charge in [0.25, 0.3) is 0 Å². The van der Waals surface area contributed by atoms with E-state index in [0.29, 0.717) is 22.8 Å². The van der Waals surface area contributed by atoms with Crippen LogP contribution in [-0.4, -0.2) is 21.6 Å². The Morgan fingerprint density at radius 1 is 1.08 bits per heavy atom. The summed E-state index contributed by atoms with van der Waals surface area (Å²) in [4.78, 5) is 1.05. The van der Waals surface area contributed by atoms with Gasteiger partial charge in [-0.2, -0.15) is 0 Å². The first kappa shape index (κ1) is 15.6. The average Bonchev–Trinajstić information content (AvgIpc) is 3.10. The van der Waals surface area contributed by atoms with Gasteiger partial charge in [-0.1, -0.05) is 0 Å². The third-order valence-electron chi connectivity index (χ3n) is 4.91. The summed E-state index contributed by atoms with van der Waals surface area (Å²) >= 11 is 1.62. The van der Waals surface area contributed by atoms with Crippen molar-refractivity contribution in [2.45, 2.75) is 34.6 Å². The fraction of sp³-hybridized carbons (Fsp3) is 0.278. The quantitative estimate of drug-likeness (QED) is 0.650. The van der Waals surface area contributed by atoms with Crippen molar-refractivity contribution in [3.8, 4) is 0 Å². The molecule has 2 aliphatic rings. The number of allylic oxidation sites excluding steroid dienone is 2. The molecule has 2 nitrogen and oxygen atoms in total. The Morgan fingerprint density at radius 2 is 1.79 bits per heavy atom. The highest BCUT2D eigenvalue weighted by atomic mass is 32.1. The van der Waals surface area contributed by atoms with Crippen LogP contribution >= 0.6 is 11.3 Å². The minimum absolute atomic E-state index is 0.606. The Hall–Kier alpha value is -1.95. The molecule has 4 heterocycles. The van der Waals surface area contributed by atoms with Crippen molar-refractivity contribution in [1.29, 1.82) is 0 Å². The molecule has 0 aliphatic carbocycles. The minimum Gasteiger partial charge on any atom is -0.393 e. The SMILES string of the molecule is CC1=CC(C)=[N+]2C1=C(c1cc(C)cs1)c1c(C)cc(C)n1[B-]2(F)F. The van der Waals surface area contributed by atoms with Crippen LogP contribution in [-0.2, 0) is 0 Å². The molecule has 0 N–H and O–H groups in total. The van der Waals surface area contributed by atoms with Gasteiger partial charge >= 0.3 is 6.97 Å². The summed E-state index contributed by atoms with van der Waals surface area (Å²) in [5.74, 6) is 0. The van der Waals surface area contributed by atoms with Gasteiger partial charge in [-0.25, -0.2) is 0 Å². The lowest BCUT2D eigenvalue weighted by atomic mass is 9.85. The first-order valence-corrected chi connectivity index (χ1v) is 8.94. The highest BCUT2D eigenvalue weighted by Gasteiger charge is 2.55. The monoisotopic (exact) mass is 344 g/mol. The molecule has 24 heavy (non-hydrogen) atoms. The van der Waals surface area contributed by atoms with Crippen LogP contribution in [0.2, 0.25) is 0 Å². The highest BCUT2D eigenvalue weighted by Crippen LogP contribution is 2.45. The molecule has 0 saturated heterocycles. The Labute approximate surface area is 144 Å². The van der Waals surface area contributed by atoms with Crippen molar-refractivity contribution < 1.29 is 13.1 Å². The van der Waals surface area contributed by atoms with Crippen molar-refractivity contribution in [2.75, 3.05) is 0 Å². The maximum atomic E-state index is 15.4. The molecule has 0 bridgehead atoms. The number of hydrogen-bond acceptors (Lipinski definition) is 1. The molecule has 4 rings (SSSR count). The zero-order chi connectivity index (χ0) is 17.4. The largest absolute Gasteiger partial charge is 0.737 e. The van der Waals surface area contributed by atoms with Crippen LogP contribution in [0.1, 0.15) is 41.2 Å². The standard InChI is InChI=1S/C18H19BF2N2S/c1-10-6-15(24-9-10)16-17-11(2)7-13(4)22(17)19(20,21)23-14(5)8-12(3)18(16)23/h6-9H,1-5H3. The van der Waals surface area contributed by atoms with Crippen molar-refractivity contribution >= 4 is 29.6 Å². The van der Waals surface area contributed by atoms with Crippen molar-refractivity contribution in [3.05, 3.63) is 62.3 Å². The molecule has 0 aromatic carbocycles. The van der Waals surface area contributed by atoms with Crippen LogP contribution in [0, 0.1) is 20.8 Å². The predicted octanol–water partition coefficient (Wildman–Crippen LogP) is 4.90. The Kier molecular flexibility index (Phi) is 3.11. The summed E-state index contributed by atoms with van der Waals surface area (Å²) in [5, 5.41) is 2.07. The van der Waals surface area contributed by atoms with Gasteiger partial charge in [0.15, 0.2) is 5.70 Å². The van der Waals surface area contributed by atoms with E-state index in [1.807, 2.05) is 32.9 Å². The number of fused-ring (bicyclic) bond motifs is 2. The van der Waals surface area contributed by atoms with Crippen molar-refractivity contribution in [2.24, 2.45) is 0 Å². The fourth-order valence-corrected chi connectivity index (χ4v) is 5.04. The lowest BCUT2D eigenvalue weighted by Gasteiger charge is -2.33. The second-order valence-corrected chi connectivity index (χ2v) is 7.74. The Bertz CT molecular complexity index is 989. The van der Waals surface area contributed by atoms with Crippen LogP contribution in [0.25, 0.3) is 5.57 Å². The minimum atomic E-state index is -3.88. The first-order chi connectivity index (χ1) is 11.2. The molecule has 0 amide bonds. The normalized spacial score (nSPS) is 18.9. The van der Waals surface area contributed by atoms with E-state index in [9.17, 15) is 0 Å². The van der Waals surface area contributed by atoms with Gasteiger partial charge in [0.05, 0.1) is 5.57 Å². The Balaban J connectivity index is 2.19. The number of aromatic nitrogens is 1. The van der Waals surface area contributed by atoms with Crippen LogP contribution in [0.15, 0.2) is 34.9 Å². The zero-order valence-electron chi connectivity index (χ0n) is 14.4. The number of halogens is 2. The third-order valence-corrected chi connectivity index (χ3v) is 5.98. The van der Waals surface area contributed by atoms with Gasteiger partial charge in [-0.05, 0) is 62.0 Å². The fourth-order valence-electron chi connectivity index (χ4n) is 4.09. The van der Waals surface area contributed by atoms with Gasteiger partial charge < -0.3 is 17.6 Å². The van der Waals surface area contributed by atoms with Gasteiger partial charge in [0, 0.05) is 29.1 Å². The highest BCUT2D eigenvalue weighted by molar-refractivity contribution is 7.11. The van der Waals surface area contributed by atoms with E-state index in [-0.39, 0.29) is 0 Å². The molecule has 124 valence electrons. The van der Waals surface area contributed by atoms with E-state index >= 15 is 8.63 Å².